The molecule has 1 aromatic carbocycles. The van der Waals surface area contributed by atoms with Gasteiger partial charge >= 0.3 is 0 Å². The molecule has 0 radical (unpaired) electrons. The zero-order chi connectivity index (χ0) is 20.0. The molecule has 7 nitrogen and oxygen atoms in total. The van der Waals surface area contributed by atoms with E-state index in [1.807, 2.05) is 11.0 Å². The largest absolute Gasteiger partial charge is 0.375 e. The standard InChI is InChI=1S/C21H25FN4O3/c1-28-12-19(27)26-9-15-8-25(11-18-23-21(24-29-18)13-5-6-13)10-17(15)20(26)14-3-2-4-16(22)7-14/h2-4,7,13,15,17,20H,5-6,8-12H2,1H3/t15-,17-,20+/m1/s1. The van der Waals surface area contributed by atoms with Crippen molar-refractivity contribution in [1.82, 2.24) is 19.9 Å². The van der Waals surface area contributed by atoms with Crippen LogP contribution in [0.3, 0.4) is 0 Å². The molecule has 154 valence electrons. The fourth-order valence-electron chi connectivity index (χ4n) is 4.88. The number of fused-ring (bicyclic) bond motifs is 1. The molecule has 2 saturated heterocycles. The van der Waals surface area contributed by atoms with Gasteiger partial charge in [-0.05, 0) is 36.5 Å². The summed E-state index contributed by atoms with van der Waals surface area (Å²) in [6, 6.07) is 6.45. The van der Waals surface area contributed by atoms with Gasteiger partial charge in [0.25, 0.3) is 0 Å². The summed E-state index contributed by atoms with van der Waals surface area (Å²) in [7, 11) is 1.52. The molecule has 1 amide bonds. The Kier molecular flexibility index (Phi) is 4.83. The van der Waals surface area contributed by atoms with E-state index in [1.54, 1.807) is 12.1 Å². The van der Waals surface area contributed by atoms with Crippen LogP contribution < -0.4 is 0 Å². The van der Waals surface area contributed by atoms with Gasteiger partial charge in [0.1, 0.15) is 12.4 Å². The first-order valence-corrected chi connectivity index (χ1v) is 10.2. The maximum atomic E-state index is 13.9. The highest BCUT2D eigenvalue weighted by Crippen LogP contribution is 2.45. The summed E-state index contributed by atoms with van der Waals surface area (Å²) < 4.78 is 24.4. The first kappa shape index (κ1) is 18.7. The van der Waals surface area contributed by atoms with Crippen molar-refractivity contribution in [2.75, 3.05) is 33.4 Å². The average molecular weight is 400 g/mol. The van der Waals surface area contributed by atoms with Crippen LogP contribution in [0.15, 0.2) is 28.8 Å². The summed E-state index contributed by atoms with van der Waals surface area (Å²) >= 11 is 0. The molecular weight excluding hydrogens is 375 g/mol. The number of hydrogen-bond donors (Lipinski definition) is 0. The van der Waals surface area contributed by atoms with E-state index < -0.39 is 0 Å². The quantitative estimate of drug-likeness (QED) is 0.741. The Balaban J connectivity index is 1.34. The van der Waals surface area contributed by atoms with Gasteiger partial charge in [-0.25, -0.2) is 4.39 Å². The molecule has 3 fully saturated rings. The van der Waals surface area contributed by atoms with Crippen molar-refractivity contribution < 1.29 is 18.4 Å². The molecule has 1 saturated carbocycles. The molecule has 5 rings (SSSR count). The molecule has 0 N–H and O–H groups in total. The fourth-order valence-corrected chi connectivity index (χ4v) is 4.88. The van der Waals surface area contributed by atoms with Crippen molar-refractivity contribution in [3.8, 4) is 0 Å². The Morgan fingerprint density at radius 2 is 2.17 bits per heavy atom. The summed E-state index contributed by atoms with van der Waals surface area (Å²) in [6.07, 6.45) is 2.29. The molecule has 2 aromatic rings. The monoisotopic (exact) mass is 400 g/mol. The van der Waals surface area contributed by atoms with E-state index in [0.29, 0.717) is 30.8 Å². The molecule has 29 heavy (non-hydrogen) atoms. The number of aromatic nitrogens is 2. The van der Waals surface area contributed by atoms with Gasteiger partial charge in [-0.15, -0.1) is 0 Å². The van der Waals surface area contributed by atoms with Crippen LogP contribution in [0, 0.1) is 17.7 Å². The first-order valence-electron chi connectivity index (χ1n) is 10.2. The normalized spacial score (nSPS) is 26.8. The predicted octanol–water partition coefficient (Wildman–Crippen LogP) is 2.36. The molecule has 2 aliphatic heterocycles. The second kappa shape index (κ2) is 7.50. The topological polar surface area (TPSA) is 71.7 Å². The average Bonchev–Trinajstić information content (AvgIpc) is 3.15. The lowest BCUT2D eigenvalue weighted by atomic mass is 9.89. The van der Waals surface area contributed by atoms with Gasteiger partial charge < -0.3 is 14.2 Å². The summed E-state index contributed by atoms with van der Waals surface area (Å²) in [4.78, 5) is 21.4. The number of amides is 1. The van der Waals surface area contributed by atoms with Crippen LogP contribution in [0.2, 0.25) is 0 Å². The lowest BCUT2D eigenvalue weighted by Crippen LogP contribution is -2.37. The highest BCUT2D eigenvalue weighted by atomic mass is 19.1. The lowest BCUT2D eigenvalue weighted by molar-refractivity contribution is -0.136. The van der Waals surface area contributed by atoms with Gasteiger partial charge in [0.15, 0.2) is 5.82 Å². The molecule has 8 heteroatoms. The molecule has 1 aromatic heterocycles. The van der Waals surface area contributed by atoms with E-state index in [4.69, 9.17) is 9.26 Å². The Morgan fingerprint density at radius 1 is 1.31 bits per heavy atom. The van der Waals surface area contributed by atoms with Crippen molar-refractivity contribution in [2.24, 2.45) is 11.8 Å². The first-order chi connectivity index (χ1) is 14.1. The fraction of sp³-hybridized carbons (Fsp3) is 0.571. The van der Waals surface area contributed by atoms with Crippen molar-refractivity contribution in [3.05, 3.63) is 47.4 Å². The van der Waals surface area contributed by atoms with Gasteiger partial charge in [0.2, 0.25) is 11.8 Å². The predicted molar refractivity (Wildman–Crippen MR) is 101 cm³/mol. The van der Waals surface area contributed by atoms with Crippen LogP contribution in [0.5, 0.6) is 0 Å². The second-order valence-corrected chi connectivity index (χ2v) is 8.42. The van der Waals surface area contributed by atoms with Crippen LogP contribution in [-0.2, 0) is 16.1 Å². The minimum Gasteiger partial charge on any atom is -0.375 e. The minimum absolute atomic E-state index is 0.0426. The number of carbonyl (C=O) groups excluding carboxylic acids is 1. The maximum Gasteiger partial charge on any atom is 0.249 e. The molecular formula is C21H25FN4O3. The SMILES string of the molecule is COCC(=O)N1C[C@H]2CN(Cc3nc(C4CC4)no3)C[C@H]2[C@@H]1c1cccc(F)c1. The van der Waals surface area contributed by atoms with E-state index >= 15 is 0 Å². The lowest BCUT2D eigenvalue weighted by Gasteiger charge is -2.29. The van der Waals surface area contributed by atoms with E-state index in [9.17, 15) is 9.18 Å². The number of nitrogens with zero attached hydrogens (tertiary/aromatic N) is 4. The van der Waals surface area contributed by atoms with E-state index in [0.717, 1.165) is 37.3 Å². The summed E-state index contributed by atoms with van der Waals surface area (Å²) in [6.45, 7) is 2.98. The third kappa shape index (κ3) is 3.67. The van der Waals surface area contributed by atoms with E-state index in [1.165, 1.54) is 13.2 Å². The number of hydrogen-bond acceptors (Lipinski definition) is 6. The number of ether oxygens (including phenoxy) is 1. The van der Waals surface area contributed by atoms with Crippen LogP contribution in [0.25, 0.3) is 0 Å². The summed E-state index contributed by atoms with van der Waals surface area (Å²) in [5.41, 5.74) is 0.845. The van der Waals surface area contributed by atoms with E-state index in [2.05, 4.69) is 15.0 Å². The van der Waals surface area contributed by atoms with Crippen molar-refractivity contribution in [2.45, 2.75) is 31.3 Å². The minimum atomic E-state index is -0.279. The Bertz CT molecular complexity index is 900. The Morgan fingerprint density at radius 3 is 2.93 bits per heavy atom. The van der Waals surface area contributed by atoms with Gasteiger partial charge in [-0.3, -0.25) is 9.69 Å². The molecule has 1 aliphatic carbocycles. The number of benzene rings is 1. The van der Waals surface area contributed by atoms with Gasteiger partial charge in [0, 0.05) is 38.6 Å². The zero-order valence-corrected chi connectivity index (χ0v) is 16.5. The highest BCUT2D eigenvalue weighted by molar-refractivity contribution is 5.78. The molecule has 3 aliphatic rings. The van der Waals surface area contributed by atoms with Crippen molar-refractivity contribution in [3.63, 3.8) is 0 Å². The molecule has 0 unspecified atom stereocenters. The third-order valence-corrected chi connectivity index (χ3v) is 6.30. The second-order valence-electron chi connectivity index (χ2n) is 8.42. The molecule has 0 bridgehead atoms. The summed E-state index contributed by atoms with van der Waals surface area (Å²) in [5.74, 6) is 2.20. The Labute approximate surface area is 168 Å². The molecule has 0 spiro atoms. The van der Waals surface area contributed by atoms with Gasteiger partial charge in [-0.1, -0.05) is 17.3 Å². The van der Waals surface area contributed by atoms with Crippen molar-refractivity contribution in [1.29, 1.82) is 0 Å². The van der Waals surface area contributed by atoms with Crippen LogP contribution in [0.4, 0.5) is 4.39 Å². The summed E-state index contributed by atoms with van der Waals surface area (Å²) in [5, 5.41) is 4.10. The number of rotatable bonds is 6. The maximum absolute atomic E-state index is 13.9. The number of halogens is 1. The highest BCUT2D eigenvalue weighted by Gasteiger charge is 2.49. The van der Waals surface area contributed by atoms with Gasteiger partial charge in [-0.2, -0.15) is 4.98 Å². The van der Waals surface area contributed by atoms with E-state index in [-0.39, 0.29) is 30.3 Å². The number of methoxy groups -OCH3 is 1. The molecule has 3 atom stereocenters. The van der Waals surface area contributed by atoms with Crippen LogP contribution in [0.1, 0.15) is 42.1 Å². The number of likely N-dealkylation sites (tertiary alicyclic amines) is 2. The van der Waals surface area contributed by atoms with Crippen LogP contribution in [-0.4, -0.2) is 59.2 Å². The smallest absolute Gasteiger partial charge is 0.249 e. The zero-order valence-electron chi connectivity index (χ0n) is 16.5. The number of carbonyl (C=O) groups is 1. The van der Waals surface area contributed by atoms with Gasteiger partial charge in [0.05, 0.1) is 12.6 Å². The van der Waals surface area contributed by atoms with Crippen molar-refractivity contribution >= 4 is 5.91 Å². The Hall–Kier alpha value is -2.32. The van der Waals surface area contributed by atoms with Crippen LogP contribution >= 0.6 is 0 Å². The third-order valence-electron chi connectivity index (χ3n) is 6.30. The molecule has 3 heterocycles.